The minimum absolute atomic E-state index is 0.0106. The lowest BCUT2D eigenvalue weighted by Gasteiger charge is -2.41. The Morgan fingerprint density at radius 2 is 2.08 bits per heavy atom. The SMILES string of the molecule is CCCO[C@]12C=C[C@](C)(O1)[C@@H](OC(=O)/C=C/c1cn(C)cn1)C[C@H]1C(C)=CC[C@H](C(C)C)[C@H]1/C=C\2C(=O)OC. The number of rotatable bonds is 8. The van der Waals surface area contributed by atoms with Crippen LogP contribution < -0.4 is 0 Å². The molecule has 1 aromatic heterocycles. The third-order valence-corrected chi connectivity index (χ3v) is 8.26. The number of hydrogen-bond acceptors (Lipinski definition) is 7. The van der Waals surface area contributed by atoms with E-state index in [0.29, 0.717) is 30.2 Å². The van der Waals surface area contributed by atoms with Crippen molar-refractivity contribution in [1.29, 1.82) is 0 Å². The third kappa shape index (κ3) is 5.97. The highest BCUT2D eigenvalue weighted by atomic mass is 16.7. The smallest absolute Gasteiger partial charge is 0.339 e. The van der Waals surface area contributed by atoms with Gasteiger partial charge in [0.05, 0.1) is 31.3 Å². The number of hydrogen-bond donors (Lipinski definition) is 0. The Kier molecular flexibility index (Phi) is 8.66. The van der Waals surface area contributed by atoms with Crippen LogP contribution in [0.4, 0.5) is 0 Å². The molecule has 0 saturated carbocycles. The number of aryl methyl sites for hydroxylation is 1. The van der Waals surface area contributed by atoms with E-state index in [1.807, 2.05) is 43.8 Å². The third-order valence-electron chi connectivity index (χ3n) is 8.26. The van der Waals surface area contributed by atoms with Crippen molar-refractivity contribution in [2.45, 2.75) is 71.4 Å². The molecule has 0 fully saturated rings. The predicted octanol–water partition coefficient (Wildman–Crippen LogP) is 5.17. The molecule has 8 heteroatoms. The van der Waals surface area contributed by atoms with Crippen LogP contribution in [0.5, 0.6) is 0 Å². The van der Waals surface area contributed by atoms with Crippen molar-refractivity contribution < 1.29 is 28.5 Å². The van der Waals surface area contributed by atoms with Crippen LogP contribution in [0.25, 0.3) is 6.08 Å². The molecule has 39 heavy (non-hydrogen) atoms. The monoisotopic (exact) mass is 538 g/mol. The van der Waals surface area contributed by atoms with Crippen LogP contribution in [0, 0.1) is 23.7 Å². The fraction of sp³-hybridized carbons (Fsp3) is 0.581. The summed E-state index contributed by atoms with van der Waals surface area (Å²) in [4.78, 5) is 30.7. The van der Waals surface area contributed by atoms with Crippen LogP contribution >= 0.6 is 0 Å². The Hall–Kier alpha value is -2.97. The van der Waals surface area contributed by atoms with Gasteiger partial charge in [0.15, 0.2) is 0 Å². The van der Waals surface area contributed by atoms with Crippen LogP contribution in [0.1, 0.15) is 59.6 Å². The maximum atomic E-state index is 13.3. The fourth-order valence-electron chi connectivity index (χ4n) is 6.04. The summed E-state index contributed by atoms with van der Waals surface area (Å²) in [6.45, 7) is 10.8. The second kappa shape index (κ2) is 11.6. The molecule has 0 N–H and O–H groups in total. The summed E-state index contributed by atoms with van der Waals surface area (Å²) < 4.78 is 26.2. The van der Waals surface area contributed by atoms with E-state index in [0.717, 1.165) is 12.8 Å². The average molecular weight is 539 g/mol. The van der Waals surface area contributed by atoms with Gasteiger partial charge in [0.1, 0.15) is 11.7 Å². The molecule has 3 aliphatic rings. The maximum absolute atomic E-state index is 13.3. The maximum Gasteiger partial charge on any atom is 0.339 e. The number of methoxy groups -OCH3 is 1. The number of carbonyl (C=O) groups is 2. The summed E-state index contributed by atoms with van der Waals surface area (Å²) in [5, 5.41) is 0. The van der Waals surface area contributed by atoms with E-state index >= 15 is 0 Å². The number of nitrogens with zero attached hydrogens (tertiary/aromatic N) is 2. The molecule has 4 rings (SSSR count). The highest BCUT2D eigenvalue weighted by molar-refractivity contribution is 5.91. The molecule has 0 unspecified atom stereocenters. The first-order valence-corrected chi connectivity index (χ1v) is 13.9. The molecule has 6 atom stereocenters. The van der Waals surface area contributed by atoms with Crippen molar-refractivity contribution >= 4 is 18.0 Å². The molecule has 0 radical (unpaired) electrons. The standard InChI is InChI=1S/C31H42N2O6/c1-8-15-37-31-14-13-30(5,39-31)27(38-28(34)12-10-22-18-33(6)19-32-22)17-24-21(4)9-11-23(20(2)3)25(24)16-26(31)29(35)36-7/h9-10,12-14,16,18-20,23-25,27H,8,11,15,17H2,1-7H3/b12-10+,26-16-/t23-,24+,25-,27+,30+,31-/m1/s1. The molecule has 212 valence electrons. The van der Waals surface area contributed by atoms with Crippen LogP contribution in [0.2, 0.25) is 0 Å². The number of imidazole rings is 1. The van der Waals surface area contributed by atoms with Gasteiger partial charge >= 0.3 is 11.9 Å². The zero-order valence-electron chi connectivity index (χ0n) is 24.2. The fourth-order valence-corrected chi connectivity index (χ4v) is 6.04. The van der Waals surface area contributed by atoms with Crippen LogP contribution in [0.3, 0.4) is 0 Å². The molecule has 1 aliphatic carbocycles. The lowest BCUT2D eigenvalue weighted by atomic mass is 9.65. The second-order valence-corrected chi connectivity index (χ2v) is 11.4. The Morgan fingerprint density at radius 3 is 2.72 bits per heavy atom. The van der Waals surface area contributed by atoms with Gasteiger partial charge in [-0.15, -0.1) is 0 Å². The van der Waals surface area contributed by atoms with E-state index in [1.54, 1.807) is 18.5 Å². The van der Waals surface area contributed by atoms with Crippen molar-refractivity contribution in [3.8, 4) is 0 Å². The topological polar surface area (TPSA) is 88.9 Å². The normalized spacial score (nSPS) is 33.5. The first kappa shape index (κ1) is 29.0. The van der Waals surface area contributed by atoms with Gasteiger partial charge in [-0.25, -0.2) is 14.6 Å². The Balaban J connectivity index is 1.78. The van der Waals surface area contributed by atoms with Gasteiger partial charge < -0.3 is 23.5 Å². The van der Waals surface area contributed by atoms with Crippen molar-refractivity contribution in [1.82, 2.24) is 9.55 Å². The number of aromatic nitrogens is 2. The van der Waals surface area contributed by atoms with Gasteiger partial charge in [0.2, 0.25) is 5.79 Å². The Bertz CT molecular complexity index is 1190. The minimum atomic E-state index is -1.43. The molecule has 0 aromatic carbocycles. The quantitative estimate of drug-likeness (QED) is 0.256. The van der Waals surface area contributed by atoms with Crippen LogP contribution in [-0.2, 0) is 35.6 Å². The number of esters is 2. The van der Waals surface area contributed by atoms with E-state index in [4.69, 9.17) is 18.9 Å². The highest BCUT2D eigenvalue weighted by Gasteiger charge is 2.55. The van der Waals surface area contributed by atoms with E-state index in [2.05, 4.69) is 31.8 Å². The zero-order chi connectivity index (χ0) is 28.4. The van der Waals surface area contributed by atoms with Crippen LogP contribution in [0.15, 0.2) is 54.1 Å². The van der Waals surface area contributed by atoms with E-state index in [-0.39, 0.29) is 17.8 Å². The summed E-state index contributed by atoms with van der Waals surface area (Å²) >= 11 is 0. The molecule has 0 spiro atoms. The van der Waals surface area contributed by atoms with Gasteiger partial charge in [-0.05, 0) is 75.0 Å². The summed E-state index contributed by atoms with van der Waals surface area (Å²) in [5.74, 6) is -1.69. The summed E-state index contributed by atoms with van der Waals surface area (Å²) in [5.41, 5.74) is 1.19. The Morgan fingerprint density at radius 1 is 1.31 bits per heavy atom. The first-order chi connectivity index (χ1) is 18.5. The summed E-state index contributed by atoms with van der Waals surface area (Å²) in [6, 6.07) is 0. The molecule has 1 aromatic rings. The van der Waals surface area contributed by atoms with Gasteiger partial charge in [0.25, 0.3) is 0 Å². The first-order valence-electron chi connectivity index (χ1n) is 13.9. The van der Waals surface area contributed by atoms with E-state index in [9.17, 15) is 9.59 Å². The van der Waals surface area contributed by atoms with E-state index in [1.165, 1.54) is 18.8 Å². The molecular formula is C31H42N2O6. The van der Waals surface area contributed by atoms with Crippen LogP contribution in [-0.4, -0.2) is 52.7 Å². The van der Waals surface area contributed by atoms with Gasteiger partial charge in [-0.1, -0.05) is 38.5 Å². The van der Waals surface area contributed by atoms with Crippen molar-refractivity contribution in [3.63, 3.8) is 0 Å². The minimum Gasteiger partial charge on any atom is -0.466 e. The Labute approximate surface area is 231 Å². The zero-order valence-corrected chi connectivity index (χ0v) is 24.2. The van der Waals surface area contributed by atoms with Gasteiger partial charge in [-0.2, -0.15) is 0 Å². The summed E-state index contributed by atoms with van der Waals surface area (Å²) in [6.07, 6.45) is 16.0. The average Bonchev–Trinajstić information content (AvgIpc) is 3.49. The number of ether oxygens (including phenoxy) is 4. The molecule has 0 amide bonds. The predicted molar refractivity (Wildman–Crippen MR) is 148 cm³/mol. The largest absolute Gasteiger partial charge is 0.466 e. The number of fused-ring (bicyclic) bond motifs is 3. The molecule has 3 heterocycles. The van der Waals surface area contributed by atoms with Crippen molar-refractivity contribution in [2.75, 3.05) is 13.7 Å². The lowest BCUT2D eigenvalue weighted by Crippen LogP contribution is -2.48. The van der Waals surface area contributed by atoms with Gasteiger partial charge in [0, 0.05) is 19.3 Å². The summed E-state index contributed by atoms with van der Waals surface area (Å²) in [7, 11) is 3.25. The molecule has 2 aliphatic heterocycles. The van der Waals surface area contributed by atoms with E-state index < -0.39 is 29.4 Å². The molecule has 2 bridgehead atoms. The van der Waals surface area contributed by atoms with Crippen molar-refractivity contribution in [2.24, 2.45) is 30.7 Å². The number of carbonyl (C=O) groups excluding carboxylic acids is 2. The molecule has 8 nitrogen and oxygen atoms in total. The van der Waals surface area contributed by atoms with Crippen molar-refractivity contribution in [3.05, 3.63) is 59.7 Å². The number of allylic oxidation sites excluding steroid dienone is 3. The lowest BCUT2D eigenvalue weighted by molar-refractivity contribution is -0.236. The molecule has 0 saturated heterocycles. The molecular weight excluding hydrogens is 496 g/mol. The highest BCUT2D eigenvalue weighted by Crippen LogP contribution is 2.50. The van der Waals surface area contributed by atoms with Gasteiger partial charge in [-0.3, -0.25) is 0 Å². The second-order valence-electron chi connectivity index (χ2n) is 11.4.